The molecule has 1 heterocycles. The summed E-state index contributed by atoms with van der Waals surface area (Å²) in [5, 5.41) is 4.86. The first kappa shape index (κ1) is 15.1. The van der Waals surface area contributed by atoms with Gasteiger partial charge in [0.2, 0.25) is 0 Å². The largest absolute Gasteiger partial charge is 0.350 e. The molecule has 0 radical (unpaired) electrons. The van der Waals surface area contributed by atoms with E-state index in [1.165, 1.54) is 0 Å². The van der Waals surface area contributed by atoms with Crippen molar-refractivity contribution in [1.82, 2.24) is 5.32 Å². The maximum Gasteiger partial charge on any atom is 0.159 e. The SMILES string of the molecule is CCNC(Cc1c(Cl)cccc1Cl)CC1OCCO1. The van der Waals surface area contributed by atoms with Crippen molar-refractivity contribution in [1.29, 1.82) is 0 Å². The molecule has 1 aliphatic heterocycles. The van der Waals surface area contributed by atoms with Crippen LogP contribution in [0.2, 0.25) is 10.0 Å². The minimum atomic E-state index is -0.120. The molecule has 3 nitrogen and oxygen atoms in total. The fourth-order valence-corrected chi connectivity index (χ4v) is 2.83. The number of hydrogen-bond donors (Lipinski definition) is 1. The molecule has 0 saturated carbocycles. The van der Waals surface area contributed by atoms with Gasteiger partial charge in [-0.3, -0.25) is 0 Å². The van der Waals surface area contributed by atoms with Crippen LogP contribution in [0.4, 0.5) is 0 Å². The van der Waals surface area contributed by atoms with E-state index in [2.05, 4.69) is 12.2 Å². The summed E-state index contributed by atoms with van der Waals surface area (Å²) in [5.74, 6) is 0. The van der Waals surface area contributed by atoms with E-state index in [-0.39, 0.29) is 12.3 Å². The summed E-state index contributed by atoms with van der Waals surface area (Å²) < 4.78 is 11.0. The number of benzene rings is 1. The highest BCUT2D eigenvalue weighted by molar-refractivity contribution is 6.35. The third-order valence-corrected chi connectivity index (χ3v) is 3.88. The van der Waals surface area contributed by atoms with Crippen molar-refractivity contribution in [2.45, 2.75) is 32.1 Å². The van der Waals surface area contributed by atoms with E-state index in [1.54, 1.807) is 0 Å². The van der Waals surface area contributed by atoms with E-state index in [0.29, 0.717) is 23.3 Å². The molecule has 5 heteroatoms. The van der Waals surface area contributed by atoms with Gasteiger partial charge in [0.25, 0.3) is 0 Å². The molecule has 0 aromatic heterocycles. The Bertz CT molecular complexity index is 388. The Labute approximate surface area is 124 Å². The van der Waals surface area contributed by atoms with Crippen LogP contribution >= 0.6 is 23.2 Å². The van der Waals surface area contributed by atoms with Crippen LogP contribution in [0.5, 0.6) is 0 Å². The molecular formula is C14H19Cl2NO2. The summed E-state index contributed by atoms with van der Waals surface area (Å²) in [6, 6.07) is 5.84. The smallest absolute Gasteiger partial charge is 0.159 e. The molecule has 0 aliphatic carbocycles. The van der Waals surface area contributed by atoms with E-state index in [9.17, 15) is 0 Å². The van der Waals surface area contributed by atoms with Gasteiger partial charge >= 0.3 is 0 Å². The lowest BCUT2D eigenvalue weighted by Crippen LogP contribution is -2.35. The van der Waals surface area contributed by atoms with Gasteiger partial charge in [0.1, 0.15) is 0 Å². The van der Waals surface area contributed by atoms with Crippen LogP contribution < -0.4 is 5.32 Å². The third kappa shape index (κ3) is 4.33. The summed E-state index contributed by atoms with van der Waals surface area (Å²) in [4.78, 5) is 0. The Morgan fingerprint density at radius 1 is 1.26 bits per heavy atom. The van der Waals surface area contributed by atoms with Gasteiger partial charge in [-0.1, -0.05) is 36.2 Å². The summed E-state index contributed by atoms with van der Waals surface area (Å²) in [5.41, 5.74) is 0.981. The second-order valence-electron chi connectivity index (χ2n) is 4.57. The topological polar surface area (TPSA) is 30.5 Å². The Balaban J connectivity index is 2.02. The maximum absolute atomic E-state index is 6.22. The Kier molecular flexibility index (Phi) is 5.92. The fraction of sp³-hybridized carbons (Fsp3) is 0.571. The van der Waals surface area contributed by atoms with Gasteiger partial charge in [0.05, 0.1) is 13.2 Å². The summed E-state index contributed by atoms with van der Waals surface area (Å²) in [6.45, 7) is 4.32. The molecule has 1 atom stereocenters. The molecule has 0 amide bonds. The van der Waals surface area contributed by atoms with Crippen molar-refractivity contribution < 1.29 is 9.47 Å². The fourth-order valence-electron chi connectivity index (χ4n) is 2.28. The number of likely N-dealkylation sites (N-methyl/N-ethyl adjacent to an activating group) is 1. The Morgan fingerprint density at radius 2 is 1.89 bits per heavy atom. The van der Waals surface area contributed by atoms with Crippen LogP contribution in [0.15, 0.2) is 18.2 Å². The third-order valence-electron chi connectivity index (χ3n) is 3.17. The van der Waals surface area contributed by atoms with Gasteiger partial charge in [-0.05, 0) is 30.7 Å². The molecule has 1 saturated heterocycles. The zero-order chi connectivity index (χ0) is 13.7. The van der Waals surface area contributed by atoms with Crippen molar-refractivity contribution >= 4 is 23.2 Å². The lowest BCUT2D eigenvalue weighted by Gasteiger charge is -2.21. The van der Waals surface area contributed by atoms with Crippen molar-refractivity contribution in [3.05, 3.63) is 33.8 Å². The van der Waals surface area contributed by atoms with Crippen molar-refractivity contribution in [2.75, 3.05) is 19.8 Å². The molecule has 19 heavy (non-hydrogen) atoms. The highest BCUT2D eigenvalue weighted by Gasteiger charge is 2.22. The molecule has 1 N–H and O–H groups in total. The molecule has 2 rings (SSSR count). The zero-order valence-corrected chi connectivity index (χ0v) is 12.5. The lowest BCUT2D eigenvalue weighted by molar-refractivity contribution is -0.0525. The number of nitrogens with one attached hydrogen (secondary N) is 1. The van der Waals surface area contributed by atoms with Crippen molar-refractivity contribution in [3.8, 4) is 0 Å². The average Bonchev–Trinajstić information content (AvgIpc) is 2.87. The normalized spacial score (nSPS) is 17.8. The maximum atomic E-state index is 6.22. The molecule has 1 fully saturated rings. The molecule has 106 valence electrons. The summed E-state index contributed by atoms with van der Waals surface area (Å²) in [6.07, 6.45) is 1.45. The minimum Gasteiger partial charge on any atom is -0.350 e. The first-order valence-corrected chi connectivity index (χ1v) is 7.35. The molecular weight excluding hydrogens is 285 g/mol. The molecule has 0 bridgehead atoms. The Morgan fingerprint density at radius 3 is 2.47 bits per heavy atom. The van der Waals surface area contributed by atoms with Crippen LogP contribution in [0, 0.1) is 0 Å². The van der Waals surface area contributed by atoms with Crippen molar-refractivity contribution in [2.24, 2.45) is 0 Å². The van der Waals surface area contributed by atoms with Crippen LogP contribution in [0.25, 0.3) is 0 Å². The predicted octanol–water partition coefficient (Wildman–Crippen LogP) is 3.28. The van der Waals surface area contributed by atoms with E-state index in [1.807, 2.05) is 18.2 Å². The van der Waals surface area contributed by atoms with Gasteiger partial charge in [-0.2, -0.15) is 0 Å². The van der Waals surface area contributed by atoms with E-state index in [4.69, 9.17) is 32.7 Å². The highest BCUT2D eigenvalue weighted by Crippen LogP contribution is 2.26. The predicted molar refractivity (Wildman–Crippen MR) is 77.9 cm³/mol. The first-order chi connectivity index (χ1) is 9.20. The highest BCUT2D eigenvalue weighted by atomic mass is 35.5. The van der Waals surface area contributed by atoms with Crippen LogP contribution in [-0.4, -0.2) is 32.1 Å². The standard InChI is InChI=1S/C14H19Cl2NO2/c1-2-17-10(9-14-18-6-7-19-14)8-11-12(15)4-3-5-13(11)16/h3-5,10,14,17H,2,6-9H2,1H3. The molecule has 1 aromatic rings. The molecule has 1 aliphatic rings. The van der Waals surface area contributed by atoms with Crippen LogP contribution in [0.1, 0.15) is 18.9 Å². The quantitative estimate of drug-likeness (QED) is 0.875. The second-order valence-corrected chi connectivity index (χ2v) is 5.38. The molecule has 1 aromatic carbocycles. The van der Waals surface area contributed by atoms with Crippen molar-refractivity contribution in [3.63, 3.8) is 0 Å². The van der Waals surface area contributed by atoms with E-state index >= 15 is 0 Å². The number of rotatable bonds is 6. The van der Waals surface area contributed by atoms with E-state index < -0.39 is 0 Å². The second kappa shape index (κ2) is 7.46. The lowest BCUT2D eigenvalue weighted by atomic mass is 10.0. The molecule has 1 unspecified atom stereocenters. The Hall–Kier alpha value is -0.320. The number of halogens is 2. The van der Waals surface area contributed by atoms with Crippen LogP contribution in [0.3, 0.4) is 0 Å². The number of hydrogen-bond acceptors (Lipinski definition) is 3. The summed E-state index contributed by atoms with van der Waals surface area (Å²) in [7, 11) is 0. The molecule has 0 spiro atoms. The summed E-state index contributed by atoms with van der Waals surface area (Å²) >= 11 is 12.4. The van der Waals surface area contributed by atoms with Gasteiger partial charge in [0, 0.05) is 22.5 Å². The van der Waals surface area contributed by atoms with Gasteiger partial charge in [-0.25, -0.2) is 0 Å². The van der Waals surface area contributed by atoms with Gasteiger partial charge in [0.15, 0.2) is 6.29 Å². The van der Waals surface area contributed by atoms with Crippen LogP contribution in [-0.2, 0) is 15.9 Å². The van der Waals surface area contributed by atoms with Gasteiger partial charge < -0.3 is 14.8 Å². The van der Waals surface area contributed by atoms with Gasteiger partial charge in [-0.15, -0.1) is 0 Å². The average molecular weight is 304 g/mol. The van der Waals surface area contributed by atoms with E-state index in [0.717, 1.165) is 24.9 Å². The monoisotopic (exact) mass is 303 g/mol. The zero-order valence-electron chi connectivity index (χ0n) is 11.0. The minimum absolute atomic E-state index is 0.120. The number of ether oxygens (including phenoxy) is 2. The first-order valence-electron chi connectivity index (χ1n) is 6.60.